The number of carbonyl (C=O) groups excluding carboxylic acids is 5. The van der Waals surface area contributed by atoms with Crippen molar-refractivity contribution in [3.63, 3.8) is 0 Å². The minimum absolute atomic E-state index is 0.00135. The summed E-state index contributed by atoms with van der Waals surface area (Å²) in [6, 6.07) is 0. The first-order valence-corrected chi connectivity index (χ1v) is 18.7. The van der Waals surface area contributed by atoms with E-state index in [0.29, 0.717) is 37.4 Å². The Morgan fingerprint density at radius 3 is 1.43 bits per heavy atom. The molecule has 1 atom stereocenters. The van der Waals surface area contributed by atoms with Crippen molar-refractivity contribution in [2.45, 2.75) is 188 Å². The van der Waals surface area contributed by atoms with Crippen molar-refractivity contribution in [2.75, 3.05) is 13.2 Å². The van der Waals surface area contributed by atoms with Gasteiger partial charge in [-0.05, 0) is 32.1 Å². The van der Waals surface area contributed by atoms with E-state index >= 15 is 0 Å². The normalized spacial score (nSPS) is 14.4. The van der Waals surface area contributed by atoms with Gasteiger partial charge in [-0.3, -0.25) is 19.2 Å². The number of hydrogen-bond donors (Lipinski definition) is 0. The number of unbranched alkanes of at least 4 members (excludes halogenated alkanes) is 17. The SMILES string of the molecule is CCCCCCCCCCCC(CCCCCCCCCCC(=O)OCCCC)(C(=O)OCCCC)C(=O)ON1C(=O)CCC1=O. The standard InChI is InChI=1S/C37H65NO8/c1-4-7-10-11-12-14-17-20-23-28-37(35(42)45-31-9-6-3,36(43)46-38-32(39)26-27-33(38)40)29-24-21-18-15-13-16-19-22-25-34(41)44-30-8-5-2/h4-31H2,1-3H3. The van der Waals surface area contributed by atoms with Crippen LogP contribution >= 0.6 is 0 Å². The molecule has 0 aromatic heterocycles. The van der Waals surface area contributed by atoms with Crippen LogP contribution in [0.2, 0.25) is 0 Å². The van der Waals surface area contributed by atoms with Gasteiger partial charge in [0.15, 0.2) is 5.41 Å². The van der Waals surface area contributed by atoms with Gasteiger partial charge in [-0.15, -0.1) is 5.06 Å². The highest BCUT2D eigenvalue weighted by Gasteiger charge is 2.50. The van der Waals surface area contributed by atoms with E-state index in [1.165, 1.54) is 32.1 Å². The van der Waals surface area contributed by atoms with Crippen molar-refractivity contribution in [2.24, 2.45) is 5.41 Å². The molecule has 1 rings (SSSR count). The Morgan fingerprint density at radius 2 is 0.957 bits per heavy atom. The number of hydroxylamine groups is 2. The molecular formula is C37H65NO8. The van der Waals surface area contributed by atoms with Crippen molar-refractivity contribution in [3.05, 3.63) is 0 Å². The third-order valence-electron chi connectivity index (χ3n) is 8.89. The summed E-state index contributed by atoms with van der Waals surface area (Å²) in [6.07, 6.45) is 21.8. The van der Waals surface area contributed by atoms with Crippen LogP contribution in [0.5, 0.6) is 0 Å². The van der Waals surface area contributed by atoms with Gasteiger partial charge in [0.05, 0.1) is 13.2 Å². The summed E-state index contributed by atoms with van der Waals surface area (Å²) in [5, 5.41) is 0.553. The van der Waals surface area contributed by atoms with E-state index in [4.69, 9.17) is 14.3 Å². The smallest absolute Gasteiger partial charge is 0.350 e. The fourth-order valence-electron chi connectivity index (χ4n) is 5.79. The minimum Gasteiger partial charge on any atom is -0.466 e. The van der Waals surface area contributed by atoms with Gasteiger partial charge < -0.3 is 14.3 Å². The molecule has 0 aliphatic carbocycles. The van der Waals surface area contributed by atoms with Crippen LogP contribution < -0.4 is 0 Å². The Bertz CT molecular complexity index is 859. The number of nitrogens with zero attached hydrogens (tertiary/aromatic N) is 1. The van der Waals surface area contributed by atoms with Crippen LogP contribution in [-0.2, 0) is 38.3 Å². The molecule has 1 aliphatic rings. The second-order valence-corrected chi connectivity index (χ2v) is 13.0. The molecule has 9 nitrogen and oxygen atoms in total. The Labute approximate surface area is 279 Å². The predicted molar refractivity (Wildman–Crippen MR) is 179 cm³/mol. The maximum atomic E-state index is 13.7. The van der Waals surface area contributed by atoms with Gasteiger partial charge in [0, 0.05) is 19.3 Å². The van der Waals surface area contributed by atoms with E-state index < -0.39 is 29.2 Å². The Balaban J connectivity index is 2.70. The van der Waals surface area contributed by atoms with E-state index in [1.54, 1.807) is 0 Å². The molecule has 1 heterocycles. The molecule has 0 radical (unpaired) electrons. The molecule has 0 aromatic rings. The van der Waals surface area contributed by atoms with Gasteiger partial charge in [-0.1, -0.05) is 136 Å². The van der Waals surface area contributed by atoms with E-state index in [2.05, 4.69) is 13.8 Å². The molecule has 266 valence electrons. The van der Waals surface area contributed by atoms with Crippen molar-refractivity contribution < 1.29 is 38.3 Å². The maximum absolute atomic E-state index is 13.7. The molecule has 2 amide bonds. The zero-order valence-corrected chi connectivity index (χ0v) is 29.5. The molecule has 0 N–H and O–H groups in total. The minimum atomic E-state index is -1.54. The topological polar surface area (TPSA) is 116 Å². The zero-order chi connectivity index (χ0) is 33.9. The number of carbonyl (C=O) groups is 5. The Hall–Kier alpha value is -2.45. The summed E-state index contributed by atoms with van der Waals surface area (Å²) < 4.78 is 10.8. The highest BCUT2D eigenvalue weighted by molar-refractivity contribution is 6.04. The number of imide groups is 1. The highest BCUT2D eigenvalue weighted by Crippen LogP contribution is 2.36. The van der Waals surface area contributed by atoms with Gasteiger partial charge in [-0.25, -0.2) is 4.79 Å². The first-order chi connectivity index (χ1) is 22.3. The lowest BCUT2D eigenvalue weighted by molar-refractivity contribution is -0.209. The van der Waals surface area contributed by atoms with Crippen LogP contribution in [0.1, 0.15) is 188 Å². The first kappa shape index (κ1) is 41.6. The fraction of sp³-hybridized carbons (Fsp3) is 0.865. The van der Waals surface area contributed by atoms with Crippen LogP contribution in [0.3, 0.4) is 0 Å². The van der Waals surface area contributed by atoms with E-state index in [0.717, 1.165) is 83.5 Å². The number of ether oxygens (including phenoxy) is 2. The van der Waals surface area contributed by atoms with E-state index in [-0.39, 0.29) is 38.3 Å². The molecule has 0 spiro atoms. The van der Waals surface area contributed by atoms with Crippen LogP contribution in [0.25, 0.3) is 0 Å². The van der Waals surface area contributed by atoms with E-state index in [9.17, 15) is 24.0 Å². The number of hydrogen-bond acceptors (Lipinski definition) is 8. The second-order valence-electron chi connectivity index (χ2n) is 13.0. The average Bonchev–Trinajstić information content (AvgIpc) is 3.36. The monoisotopic (exact) mass is 651 g/mol. The Morgan fingerprint density at radius 1 is 0.543 bits per heavy atom. The molecule has 0 saturated carbocycles. The molecule has 0 aromatic carbocycles. The summed E-state index contributed by atoms with van der Waals surface area (Å²) in [5.74, 6) is -2.65. The lowest BCUT2D eigenvalue weighted by Crippen LogP contribution is -2.46. The highest BCUT2D eigenvalue weighted by atomic mass is 16.7. The fourth-order valence-corrected chi connectivity index (χ4v) is 5.79. The van der Waals surface area contributed by atoms with Crippen LogP contribution in [0.4, 0.5) is 0 Å². The average molecular weight is 652 g/mol. The molecule has 1 aliphatic heterocycles. The van der Waals surface area contributed by atoms with Crippen molar-refractivity contribution >= 4 is 29.7 Å². The van der Waals surface area contributed by atoms with Gasteiger partial charge in [-0.2, -0.15) is 0 Å². The third-order valence-corrected chi connectivity index (χ3v) is 8.89. The van der Waals surface area contributed by atoms with Crippen molar-refractivity contribution in [1.82, 2.24) is 5.06 Å². The Kier molecular flexibility index (Phi) is 24.0. The van der Waals surface area contributed by atoms with Gasteiger partial charge in [0.2, 0.25) is 0 Å². The number of esters is 2. The summed E-state index contributed by atoms with van der Waals surface area (Å²) in [7, 11) is 0. The van der Waals surface area contributed by atoms with Crippen molar-refractivity contribution in [1.29, 1.82) is 0 Å². The van der Waals surface area contributed by atoms with Gasteiger partial charge >= 0.3 is 17.9 Å². The third kappa shape index (κ3) is 17.5. The summed E-state index contributed by atoms with van der Waals surface area (Å²) >= 11 is 0. The molecule has 46 heavy (non-hydrogen) atoms. The zero-order valence-electron chi connectivity index (χ0n) is 29.5. The van der Waals surface area contributed by atoms with Crippen molar-refractivity contribution in [3.8, 4) is 0 Å². The van der Waals surface area contributed by atoms with Crippen LogP contribution in [0.15, 0.2) is 0 Å². The van der Waals surface area contributed by atoms with E-state index in [1.807, 2.05) is 6.92 Å². The van der Waals surface area contributed by atoms with Crippen LogP contribution in [-0.4, -0.2) is 48.0 Å². The van der Waals surface area contributed by atoms with Crippen LogP contribution in [0, 0.1) is 5.41 Å². The summed E-state index contributed by atoms with van der Waals surface area (Å²) in [5.41, 5.74) is -1.54. The predicted octanol–water partition coefficient (Wildman–Crippen LogP) is 9.09. The molecule has 1 unspecified atom stereocenters. The number of amides is 2. The van der Waals surface area contributed by atoms with Gasteiger partial charge in [0.1, 0.15) is 0 Å². The summed E-state index contributed by atoms with van der Waals surface area (Å²) in [4.78, 5) is 69.0. The summed E-state index contributed by atoms with van der Waals surface area (Å²) in [6.45, 7) is 7.02. The quantitative estimate of drug-likeness (QED) is 0.0327. The molecule has 1 saturated heterocycles. The molecule has 1 fully saturated rings. The molecular weight excluding hydrogens is 586 g/mol. The maximum Gasteiger partial charge on any atom is 0.350 e. The largest absolute Gasteiger partial charge is 0.466 e. The van der Waals surface area contributed by atoms with Gasteiger partial charge in [0.25, 0.3) is 11.8 Å². The molecule has 0 bridgehead atoms. The first-order valence-electron chi connectivity index (χ1n) is 18.7. The molecule has 9 heteroatoms. The number of rotatable bonds is 30. The lowest BCUT2D eigenvalue weighted by atomic mass is 9.77. The second kappa shape index (κ2) is 26.6. The lowest BCUT2D eigenvalue weighted by Gasteiger charge is -2.30.